The van der Waals surface area contributed by atoms with Crippen LogP contribution in [-0.2, 0) is 16.9 Å². The van der Waals surface area contributed by atoms with Gasteiger partial charge in [0.25, 0.3) is 0 Å². The Hall–Kier alpha value is -2.35. The number of ketones is 1. The lowest BCUT2D eigenvalue weighted by molar-refractivity contribution is 0.103. The van der Waals surface area contributed by atoms with Crippen molar-refractivity contribution in [2.45, 2.75) is 18.7 Å². The van der Waals surface area contributed by atoms with Gasteiger partial charge in [0.2, 0.25) is 11.7 Å². The van der Waals surface area contributed by atoms with Crippen molar-refractivity contribution >= 4 is 21.3 Å². The first kappa shape index (κ1) is 17.0. The average Bonchev–Trinajstić information content (AvgIpc) is 2.70. The molecule has 1 aromatic heterocycles. The number of aromatic nitrogens is 2. The number of aryl methyl sites for hydroxylation is 2. The number of carbonyl (C=O) groups excluding carboxylic acids is 1. The van der Waals surface area contributed by atoms with Gasteiger partial charge in [-0.15, -0.1) is 0 Å². The van der Waals surface area contributed by atoms with E-state index in [0.29, 0.717) is 22.5 Å². The highest BCUT2D eigenvalue weighted by Crippen LogP contribution is 2.31. The summed E-state index contributed by atoms with van der Waals surface area (Å²) in [6, 6.07) is 2.85. The van der Waals surface area contributed by atoms with Crippen molar-refractivity contribution < 1.29 is 18.3 Å². The predicted octanol–water partition coefficient (Wildman–Crippen LogP) is 1.42. The number of hydrogen-bond donors (Lipinski definition) is 2. The molecule has 2 N–H and O–H groups in total. The van der Waals surface area contributed by atoms with E-state index in [1.807, 2.05) is 0 Å². The maximum absolute atomic E-state index is 12.8. The van der Waals surface area contributed by atoms with E-state index >= 15 is 0 Å². The summed E-state index contributed by atoms with van der Waals surface area (Å²) in [6.45, 7) is 3.29. The number of nitrogens with zero attached hydrogens (tertiary/aromatic N) is 2. The molecule has 0 saturated carbocycles. The number of anilines is 1. The van der Waals surface area contributed by atoms with Gasteiger partial charge in [-0.1, -0.05) is 0 Å². The highest BCUT2D eigenvalue weighted by molar-refractivity contribution is 7.90. The molecule has 0 saturated heterocycles. The van der Waals surface area contributed by atoms with Crippen LogP contribution in [0.4, 0.5) is 5.69 Å². The fourth-order valence-corrected chi connectivity index (χ4v) is 3.54. The minimum Gasteiger partial charge on any atom is -0.493 e. The fraction of sp³-hybridized carbons (Fsp3) is 0.333. The average molecular weight is 337 g/mol. The Morgan fingerprint density at radius 1 is 1.30 bits per heavy atom. The van der Waals surface area contributed by atoms with Crippen LogP contribution in [0.2, 0.25) is 0 Å². The van der Waals surface area contributed by atoms with Crippen LogP contribution in [-0.4, -0.2) is 42.4 Å². The van der Waals surface area contributed by atoms with Gasteiger partial charge in [-0.2, -0.15) is 5.10 Å². The van der Waals surface area contributed by atoms with Gasteiger partial charge in [-0.05, 0) is 31.5 Å². The van der Waals surface area contributed by atoms with Crippen LogP contribution in [0.3, 0.4) is 0 Å². The standard InChI is InChI=1S/C15H19N3O4S/c1-8-10(6-7-11(13(8)16-3)23(5,21)22)14(19)12-9(2)17-18(4)15(12)20/h6-7,16,20H,1-5H3. The summed E-state index contributed by atoms with van der Waals surface area (Å²) in [4.78, 5) is 12.9. The van der Waals surface area contributed by atoms with Crippen LogP contribution in [0.5, 0.6) is 5.88 Å². The van der Waals surface area contributed by atoms with Gasteiger partial charge in [0.1, 0.15) is 5.56 Å². The van der Waals surface area contributed by atoms with Gasteiger partial charge in [-0.25, -0.2) is 13.1 Å². The Bertz CT molecular complexity index is 898. The molecule has 2 rings (SSSR count). The van der Waals surface area contributed by atoms with Gasteiger partial charge in [-0.3, -0.25) is 4.79 Å². The Balaban J connectivity index is 2.68. The monoisotopic (exact) mass is 337 g/mol. The molecule has 0 aliphatic heterocycles. The quantitative estimate of drug-likeness (QED) is 0.818. The third-order valence-electron chi connectivity index (χ3n) is 3.74. The molecule has 0 aliphatic rings. The molecule has 0 fully saturated rings. The fourth-order valence-electron chi connectivity index (χ4n) is 2.60. The van der Waals surface area contributed by atoms with Crippen LogP contribution in [0.1, 0.15) is 27.2 Å². The molecule has 0 bridgehead atoms. The lowest BCUT2D eigenvalue weighted by Crippen LogP contribution is -2.10. The van der Waals surface area contributed by atoms with Crippen LogP contribution in [0.15, 0.2) is 17.0 Å². The van der Waals surface area contributed by atoms with E-state index in [1.54, 1.807) is 20.9 Å². The van der Waals surface area contributed by atoms with Gasteiger partial charge < -0.3 is 10.4 Å². The molecular weight excluding hydrogens is 318 g/mol. The predicted molar refractivity (Wildman–Crippen MR) is 86.9 cm³/mol. The van der Waals surface area contributed by atoms with Crippen molar-refractivity contribution in [1.29, 1.82) is 0 Å². The topological polar surface area (TPSA) is 101 Å². The Morgan fingerprint density at radius 2 is 1.91 bits per heavy atom. The van der Waals surface area contributed by atoms with E-state index in [1.165, 1.54) is 23.9 Å². The van der Waals surface area contributed by atoms with E-state index in [9.17, 15) is 18.3 Å². The van der Waals surface area contributed by atoms with E-state index in [-0.39, 0.29) is 16.3 Å². The number of hydrogen-bond acceptors (Lipinski definition) is 6. The Kier molecular flexibility index (Phi) is 4.21. The van der Waals surface area contributed by atoms with Crippen molar-refractivity contribution in [2.24, 2.45) is 7.05 Å². The summed E-state index contributed by atoms with van der Waals surface area (Å²) in [5, 5.41) is 16.9. The summed E-state index contributed by atoms with van der Waals surface area (Å²) >= 11 is 0. The molecule has 7 nitrogen and oxygen atoms in total. The maximum Gasteiger partial charge on any atom is 0.220 e. The van der Waals surface area contributed by atoms with Crippen LogP contribution in [0.25, 0.3) is 0 Å². The number of aromatic hydroxyl groups is 1. The summed E-state index contributed by atoms with van der Waals surface area (Å²) in [7, 11) is -0.292. The number of sulfone groups is 1. The Morgan fingerprint density at radius 3 is 2.35 bits per heavy atom. The molecule has 8 heteroatoms. The minimum atomic E-state index is -3.43. The molecule has 2 aromatic rings. The molecule has 1 heterocycles. The molecular formula is C15H19N3O4S. The second-order valence-electron chi connectivity index (χ2n) is 5.37. The summed E-state index contributed by atoms with van der Waals surface area (Å²) in [5.74, 6) is -0.618. The van der Waals surface area contributed by atoms with Crippen molar-refractivity contribution in [3.05, 3.63) is 34.5 Å². The summed E-state index contributed by atoms with van der Waals surface area (Å²) in [5.41, 5.74) is 1.72. The molecule has 124 valence electrons. The lowest BCUT2D eigenvalue weighted by atomic mass is 9.98. The molecule has 0 spiro atoms. The van der Waals surface area contributed by atoms with Gasteiger partial charge in [0.05, 0.1) is 16.3 Å². The molecule has 0 amide bonds. The van der Waals surface area contributed by atoms with Crippen molar-refractivity contribution in [2.75, 3.05) is 18.6 Å². The van der Waals surface area contributed by atoms with Crippen LogP contribution in [0, 0.1) is 13.8 Å². The molecule has 0 aliphatic carbocycles. The normalized spacial score (nSPS) is 11.5. The first-order chi connectivity index (χ1) is 10.6. The second kappa shape index (κ2) is 5.69. The Labute approximate surface area is 134 Å². The maximum atomic E-state index is 12.8. The highest BCUT2D eigenvalue weighted by atomic mass is 32.2. The largest absolute Gasteiger partial charge is 0.493 e. The van der Waals surface area contributed by atoms with E-state index in [2.05, 4.69) is 10.4 Å². The molecule has 0 unspecified atom stereocenters. The van der Waals surface area contributed by atoms with Crippen LogP contribution >= 0.6 is 0 Å². The van der Waals surface area contributed by atoms with E-state index in [4.69, 9.17) is 0 Å². The number of rotatable bonds is 4. The highest BCUT2D eigenvalue weighted by Gasteiger charge is 2.25. The van der Waals surface area contributed by atoms with Crippen molar-refractivity contribution in [3.63, 3.8) is 0 Å². The third kappa shape index (κ3) is 2.81. The molecule has 0 atom stereocenters. The van der Waals surface area contributed by atoms with Gasteiger partial charge in [0.15, 0.2) is 9.84 Å². The van der Waals surface area contributed by atoms with Crippen molar-refractivity contribution in [1.82, 2.24) is 9.78 Å². The molecule has 1 aromatic carbocycles. The zero-order chi connectivity index (χ0) is 17.5. The number of benzene rings is 1. The van der Waals surface area contributed by atoms with Crippen LogP contribution < -0.4 is 5.32 Å². The third-order valence-corrected chi connectivity index (χ3v) is 4.88. The number of nitrogens with one attached hydrogen (secondary N) is 1. The van der Waals surface area contributed by atoms with Gasteiger partial charge >= 0.3 is 0 Å². The SMILES string of the molecule is CNc1c(S(C)(=O)=O)ccc(C(=O)c2c(C)nn(C)c2O)c1C. The zero-order valence-electron chi connectivity index (χ0n) is 13.6. The zero-order valence-corrected chi connectivity index (χ0v) is 14.4. The van der Waals surface area contributed by atoms with E-state index < -0.39 is 15.6 Å². The lowest BCUT2D eigenvalue weighted by Gasteiger charge is -2.14. The minimum absolute atomic E-state index is 0.116. The smallest absolute Gasteiger partial charge is 0.220 e. The van der Waals surface area contributed by atoms with Gasteiger partial charge in [0, 0.05) is 25.9 Å². The van der Waals surface area contributed by atoms with Crippen molar-refractivity contribution in [3.8, 4) is 5.88 Å². The summed E-state index contributed by atoms with van der Waals surface area (Å²) in [6.07, 6.45) is 1.11. The number of carbonyl (C=O) groups is 1. The first-order valence-electron chi connectivity index (χ1n) is 6.88. The summed E-state index contributed by atoms with van der Waals surface area (Å²) < 4.78 is 24.9. The molecule has 0 radical (unpaired) electrons. The van der Waals surface area contributed by atoms with E-state index in [0.717, 1.165) is 6.26 Å². The second-order valence-corrected chi connectivity index (χ2v) is 7.35. The first-order valence-corrected chi connectivity index (χ1v) is 8.77. The molecule has 23 heavy (non-hydrogen) atoms.